The Morgan fingerprint density at radius 2 is 1.04 bits per heavy atom. The first-order valence-corrected chi connectivity index (χ1v) is 10.4. The Morgan fingerprint density at radius 3 is 1.43 bits per heavy atom. The number of hydrogen-bond acceptors (Lipinski definition) is 2. The van der Waals surface area contributed by atoms with E-state index in [2.05, 4.69) is 49.9 Å². The molecule has 0 aromatic rings. The number of rotatable bonds is 14. The average Bonchev–Trinajstić information content (AvgIpc) is 2.93. The summed E-state index contributed by atoms with van der Waals surface area (Å²) in [7, 11) is 0. The smallest absolute Gasteiger partial charge is 0.103 e. The van der Waals surface area contributed by atoms with Crippen molar-refractivity contribution in [2.45, 2.75) is 104 Å². The highest BCUT2D eigenvalue weighted by atomic mass is 15.4. The fraction of sp³-hybridized carbons (Fsp3) is 0.905. The molecule has 0 bridgehead atoms. The van der Waals surface area contributed by atoms with Gasteiger partial charge in [0.2, 0.25) is 0 Å². The third-order valence-electron chi connectivity index (χ3n) is 5.02. The molecule has 1 unspecified atom stereocenters. The van der Waals surface area contributed by atoms with Gasteiger partial charge in [-0.3, -0.25) is 0 Å². The number of hydrogen-bond donors (Lipinski definition) is 0. The summed E-state index contributed by atoms with van der Waals surface area (Å²) in [4.78, 5) is 5.18. The Hall–Kier alpha value is -0.660. The molecule has 1 aliphatic heterocycles. The minimum absolute atomic E-state index is 0.594. The van der Waals surface area contributed by atoms with Gasteiger partial charge in [0.25, 0.3) is 0 Å². The SMILES string of the molecule is CCCCCCCCN1C=CN(CCCCCCC)C1C(C)C. The van der Waals surface area contributed by atoms with Gasteiger partial charge in [0.1, 0.15) is 6.17 Å². The molecule has 0 aromatic carbocycles. The van der Waals surface area contributed by atoms with Crippen molar-refractivity contribution in [1.29, 1.82) is 0 Å². The second-order valence-electron chi connectivity index (χ2n) is 7.61. The van der Waals surface area contributed by atoms with Crippen LogP contribution in [0.15, 0.2) is 12.4 Å². The van der Waals surface area contributed by atoms with Gasteiger partial charge in [-0.05, 0) is 18.8 Å². The Balaban J connectivity index is 2.25. The highest BCUT2D eigenvalue weighted by molar-refractivity contribution is 4.98. The zero-order chi connectivity index (χ0) is 16.9. The summed E-state index contributed by atoms with van der Waals surface area (Å²) in [6.07, 6.45) is 20.5. The van der Waals surface area contributed by atoms with E-state index in [1.165, 1.54) is 83.7 Å². The third kappa shape index (κ3) is 8.13. The first-order valence-electron chi connectivity index (χ1n) is 10.4. The molecule has 2 nitrogen and oxygen atoms in total. The topological polar surface area (TPSA) is 6.48 Å². The van der Waals surface area contributed by atoms with Crippen LogP contribution in [0.25, 0.3) is 0 Å². The zero-order valence-electron chi connectivity index (χ0n) is 16.4. The maximum Gasteiger partial charge on any atom is 0.103 e. The number of nitrogens with zero attached hydrogens (tertiary/aromatic N) is 2. The van der Waals surface area contributed by atoms with E-state index in [1.54, 1.807) is 0 Å². The van der Waals surface area contributed by atoms with E-state index in [0.29, 0.717) is 12.1 Å². The van der Waals surface area contributed by atoms with Gasteiger partial charge in [-0.25, -0.2) is 0 Å². The van der Waals surface area contributed by atoms with Crippen molar-refractivity contribution in [3.8, 4) is 0 Å². The summed E-state index contributed by atoms with van der Waals surface area (Å²) in [5.41, 5.74) is 0. The van der Waals surface area contributed by atoms with Gasteiger partial charge in [-0.1, -0.05) is 85.5 Å². The summed E-state index contributed by atoms with van der Waals surface area (Å²) < 4.78 is 0. The van der Waals surface area contributed by atoms with Crippen LogP contribution in [-0.4, -0.2) is 29.1 Å². The van der Waals surface area contributed by atoms with Crippen LogP contribution in [0, 0.1) is 5.92 Å². The molecular formula is C21H42N2. The van der Waals surface area contributed by atoms with E-state index in [-0.39, 0.29) is 0 Å². The molecule has 0 saturated heterocycles. The third-order valence-corrected chi connectivity index (χ3v) is 5.02. The van der Waals surface area contributed by atoms with Crippen molar-refractivity contribution in [3.63, 3.8) is 0 Å². The molecule has 1 aliphatic rings. The average molecular weight is 323 g/mol. The fourth-order valence-electron chi connectivity index (χ4n) is 3.69. The summed E-state index contributed by atoms with van der Waals surface area (Å²) in [6.45, 7) is 11.8. The minimum Gasteiger partial charge on any atom is -0.356 e. The van der Waals surface area contributed by atoms with Crippen LogP contribution in [0.3, 0.4) is 0 Å². The van der Waals surface area contributed by atoms with Crippen LogP contribution in [0.1, 0.15) is 98.3 Å². The van der Waals surface area contributed by atoms with Gasteiger partial charge in [0, 0.05) is 25.5 Å². The maximum atomic E-state index is 2.59. The first-order chi connectivity index (χ1) is 11.2. The molecule has 0 aromatic heterocycles. The highest BCUT2D eigenvalue weighted by Gasteiger charge is 2.27. The highest BCUT2D eigenvalue weighted by Crippen LogP contribution is 2.24. The van der Waals surface area contributed by atoms with Crippen molar-refractivity contribution in [1.82, 2.24) is 9.80 Å². The van der Waals surface area contributed by atoms with Crippen LogP contribution in [0.2, 0.25) is 0 Å². The molecule has 0 saturated carbocycles. The lowest BCUT2D eigenvalue weighted by Gasteiger charge is -2.36. The molecule has 0 radical (unpaired) electrons. The van der Waals surface area contributed by atoms with Crippen molar-refractivity contribution in [2.24, 2.45) is 5.92 Å². The standard InChI is InChI=1S/C21H42N2/c1-5-7-9-11-13-15-17-23-19-18-22(21(23)20(3)4)16-14-12-10-8-6-2/h18-21H,5-17H2,1-4H3. The Kier molecular flexibility index (Phi) is 11.3. The molecule has 0 spiro atoms. The molecular weight excluding hydrogens is 280 g/mol. The quantitative estimate of drug-likeness (QED) is 0.342. The first kappa shape index (κ1) is 20.4. The van der Waals surface area contributed by atoms with Gasteiger partial charge >= 0.3 is 0 Å². The molecule has 0 N–H and O–H groups in total. The van der Waals surface area contributed by atoms with E-state index in [0.717, 1.165) is 0 Å². The molecule has 1 rings (SSSR count). The van der Waals surface area contributed by atoms with E-state index < -0.39 is 0 Å². The summed E-state index contributed by atoms with van der Waals surface area (Å²) in [5.74, 6) is 0.695. The van der Waals surface area contributed by atoms with Crippen molar-refractivity contribution in [2.75, 3.05) is 13.1 Å². The van der Waals surface area contributed by atoms with E-state index in [9.17, 15) is 0 Å². The second kappa shape index (κ2) is 12.7. The monoisotopic (exact) mass is 322 g/mol. The van der Waals surface area contributed by atoms with Gasteiger partial charge in [0.15, 0.2) is 0 Å². The Morgan fingerprint density at radius 1 is 0.652 bits per heavy atom. The Labute approximate surface area is 146 Å². The second-order valence-corrected chi connectivity index (χ2v) is 7.61. The van der Waals surface area contributed by atoms with Crippen molar-refractivity contribution >= 4 is 0 Å². The molecule has 136 valence electrons. The van der Waals surface area contributed by atoms with Crippen LogP contribution in [0.4, 0.5) is 0 Å². The van der Waals surface area contributed by atoms with Crippen LogP contribution in [0.5, 0.6) is 0 Å². The van der Waals surface area contributed by atoms with Crippen LogP contribution in [-0.2, 0) is 0 Å². The predicted octanol–water partition coefficient (Wildman–Crippen LogP) is 6.39. The van der Waals surface area contributed by atoms with Gasteiger partial charge in [0.05, 0.1) is 0 Å². The normalized spacial score (nSPS) is 17.7. The number of unbranched alkanes of at least 4 members (excludes halogenated alkanes) is 9. The lowest BCUT2D eigenvalue weighted by atomic mass is 10.1. The van der Waals surface area contributed by atoms with Gasteiger partial charge in [-0.15, -0.1) is 0 Å². The van der Waals surface area contributed by atoms with E-state index in [1.807, 2.05) is 0 Å². The molecule has 0 amide bonds. The summed E-state index contributed by atoms with van der Waals surface area (Å²) >= 11 is 0. The zero-order valence-corrected chi connectivity index (χ0v) is 16.4. The minimum atomic E-state index is 0.594. The lowest BCUT2D eigenvalue weighted by Crippen LogP contribution is -2.43. The molecule has 0 fully saturated rings. The fourth-order valence-corrected chi connectivity index (χ4v) is 3.69. The Bertz CT molecular complexity index is 298. The van der Waals surface area contributed by atoms with E-state index in [4.69, 9.17) is 0 Å². The molecule has 1 atom stereocenters. The van der Waals surface area contributed by atoms with Crippen LogP contribution < -0.4 is 0 Å². The van der Waals surface area contributed by atoms with Gasteiger partial charge < -0.3 is 9.80 Å². The maximum absolute atomic E-state index is 2.59. The lowest BCUT2D eigenvalue weighted by molar-refractivity contribution is 0.104. The molecule has 2 heteroatoms. The summed E-state index contributed by atoms with van der Waals surface area (Å²) in [5, 5.41) is 0. The van der Waals surface area contributed by atoms with Gasteiger partial charge in [-0.2, -0.15) is 0 Å². The van der Waals surface area contributed by atoms with Crippen molar-refractivity contribution < 1.29 is 0 Å². The molecule has 0 aliphatic carbocycles. The van der Waals surface area contributed by atoms with E-state index >= 15 is 0 Å². The molecule has 23 heavy (non-hydrogen) atoms. The largest absolute Gasteiger partial charge is 0.356 e. The van der Waals surface area contributed by atoms with Crippen molar-refractivity contribution in [3.05, 3.63) is 12.4 Å². The predicted molar refractivity (Wildman–Crippen MR) is 103 cm³/mol. The summed E-state index contributed by atoms with van der Waals surface area (Å²) in [6, 6.07) is 0. The van der Waals surface area contributed by atoms with Crippen LogP contribution >= 0.6 is 0 Å². The molecule has 1 heterocycles.